The number of hydrogen-bond donors (Lipinski definition) is 2. The third-order valence-electron chi connectivity index (χ3n) is 6.54. The summed E-state index contributed by atoms with van der Waals surface area (Å²) in [6, 6.07) is 22.8. The molecule has 172 valence electrons. The molecular weight excluding hydrogens is 432 g/mol. The Kier molecular flexibility index (Phi) is 5.76. The van der Waals surface area contributed by atoms with Crippen molar-refractivity contribution in [2.75, 3.05) is 13.2 Å². The van der Waals surface area contributed by atoms with E-state index >= 15 is 0 Å². The van der Waals surface area contributed by atoms with E-state index in [-0.39, 0.29) is 19.1 Å². The Morgan fingerprint density at radius 3 is 2.15 bits per heavy atom. The molecule has 0 radical (unpaired) electrons. The van der Waals surface area contributed by atoms with Gasteiger partial charge >= 0.3 is 12.1 Å². The number of carbonyl (C=O) groups is 3. The maximum atomic E-state index is 12.9. The number of likely N-dealkylation sites (tertiary alicyclic amines) is 1. The molecule has 2 aliphatic rings. The molecule has 1 aliphatic heterocycles. The summed E-state index contributed by atoms with van der Waals surface area (Å²) in [6.07, 6.45) is -0.367. The van der Waals surface area contributed by atoms with E-state index in [4.69, 9.17) is 4.74 Å². The maximum Gasteiger partial charge on any atom is 0.407 e. The first-order valence-electron chi connectivity index (χ1n) is 11.2. The summed E-state index contributed by atoms with van der Waals surface area (Å²) in [4.78, 5) is 38.7. The van der Waals surface area contributed by atoms with Gasteiger partial charge in [-0.25, -0.2) is 9.59 Å². The lowest BCUT2D eigenvalue weighted by atomic mass is 9.98. The molecule has 1 aliphatic carbocycles. The Morgan fingerprint density at radius 2 is 1.53 bits per heavy atom. The van der Waals surface area contributed by atoms with E-state index < -0.39 is 30.1 Å². The fourth-order valence-electron chi connectivity index (χ4n) is 4.97. The summed E-state index contributed by atoms with van der Waals surface area (Å²) in [7, 11) is 0. The van der Waals surface area contributed by atoms with Gasteiger partial charge in [-0.2, -0.15) is 0 Å². The third kappa shape index (κ3) is 3.90. The molecule has 2 amide bonds. The van der Waals surface area contributed by atoms with E-state index in [9.17, 15) is 19.5 Å². The largest absolute Gasteiger partial charge is 0.479 e. The van der Waals surface area contributed by atoms with Gasteiger partial charge in [-0.3, -0.25) is 4.79 Å². The Bertz CT molecular complexity index is 1200. The molecule has 0 saturated carbocycles. The minimum atomic E-state index is -1.11. The van der Waals surface area contributed by atoms with Crippen LogP contribution in [0.3, 0.4) is 0 Å². The first-order valence-corrected chi connectivity index (χ1v) is 11.2. The molecular formula is C27H24N2O5. The van der Waals surface area contributed by atoms with E-state index in [1.807, 2.05) is 36.4 Å². The number of carboxylic acids is 1. The van der Waals surface area contributed by atoms with Crippen molar-refractivity contribution in [2.24, 2.45) is 0 Å². The molecule has 5 rings (SSSR count). The van der Waals surface area contributed by atoms with Crippen molar-refractivity contribution in [3.63, 3.8) is 0 Å². The molecule has 34 heavy (non-hydrogen) atoms. The number of rotatable bonds is 6. The monoisotopic (exact) mass is 456 g/mol. The number of fused-ring (bicyclic) bond motifs is 3. The third-order valence-corrected chi connectivity index (χ3v) is 6.54. The van der Waals surface area contributed by atoms with Gasteiger partial charge in [-0.1, -0.05) is 78.9 Å². The number of carboxylic acid groups (broad SMARTS) is 1. The SMILES string of the molecule is O=C(NC1CCN(C(C(=O)O)c2ccccc2)C1=O)OCC1c2ccccc2-c2ccccc21. The Morgan fingerprint density at radius 1 is 0.941 bits per heavy atom. The van der Waals surface area contributed by atoms with Crippen LogP contribution in [0.25, 0.3) is 11.1 Å². The van der Waals surface area contributed by atoms with Crippen molar-refractivity contribution in [3.8, 4) is 11.1 Å². The van der Waals surface area contributed by atoms with Crippen LogP contribution in [0.5, 0.6) is 0 Å². The smallest absolute Gasteiger partial charge is 0.407 e. The number of hydrogen-bond acceptors (Lipinski definition) is 4. The zero-order chi connectivity index (χ0) is 23.7. The van der Waals surface area contributed by atoms with E-state index in [0.29, 0.717) is 12.0 Å². The number of ether oxygens (including phenoxy) is 1. The summed E-state index contributed by atoms with van der Waals surface area (Å²) in [5, 5.41) is 12.4. The van der Waals surface area contributed by atoms with Gasteiger partial charge in [0.2, 0.25) is 5.91 Å². The lowest BCUT2D eigenvalue weighted by molar-refractivity contribution is -0.149. The highest BCUT2D eigenvalue weighted by atomic mass is 16.5. The predicted molar refractivity (Wildman–Crippen MR) is 125 cm³/mol. The molecule has 7 heteroatoms. The summed E-state index contributed by atoms with van der Waals surface area (Å²) in [5.41, 5.74) is 4.99. The molecule has 3 aromatic carbocycles. The minimum Gasteiger partial charge on any atom is -0.479 e. The fraction of sp³-hybridized carbons (Fsp3) is 0.222. The number of amides is 2. The first-order chi connectivity index (χ1) is 16.5. The lowest BCUT2D eigenvalue weighted by Gasteiger charge is -2.25. The van der Waals surface area contributed by atoms with Gasteiger partial charge in [0.15, 0.2) is 6.04 Å². The molecule has 3 aromatic rings. The molecule has 7 nitrogen and oxygen atoms in total. The van der Waals surface area contributed by atoms with Crippen molar-refractivity contribution >= 4 is 18.0 Å². The summed E-state index contributed by atoms with van der Waals surface area (Å²) in [6.45, 7) is 0.380. The number of nitrogens with one attached hydrogen (secondary N) is 1. The quantitative estimate of drug-likeness (QED) is 0.586. The Balaban J connectivity index is 1.24. The highest BCUT2D eigenvalue weighted by Gasteiger charge is 2.40. The van der Waals surface area contributed by atoms with Crippen LogP contribution in [0.4, 0.5) is 4.79 Å². The Labute approximate surface area is 197 Å². The van der Waals surface area contributed by atoms with Gasteiger partial charge in [0.05, 0.1) is 0 Å². The molecule has 0 bridgehead atoms. The summed E-state index contributed by atoms with van der Waals surface area (Å²) >= 11 is 0. The van der Waals surface area contributed by atoms with Crippen LogP contribution in [0.2, 0.25) is 0 Å². The van der Waals surface area contributed by atoms with E-state index in [2.05, 4.69) is 17.4 Å². The van der Waals surface area contributed by atoms with E-state index in [0.717, 1.165) is 22.3 Å². The van der Waals surface area contributed by atoms with Crippen molar-refractivity contribution in [2.45, 2.75) is 24.4 Å². The average Bonchev–Trinajstić information content (AvgIpc) is 3.36. The van der Waals surface area contributed by atoms with E-state index in [1.165, 1.54) is 4.90 Å². The number of nitrogens with zero attached hydrogens (tertiary/aromatic N) is 1. The second-order valence-electron chi connectivity index (χ2n) is 8.49. The van der Waals surface area contributed by atoms with Crippen LogP contribution in [0.1, 0.15) is 35.1 Å². The highest BCUT2D eigenvalue weighted by molar-refractivity contribution is 5.91. The molecule has 0 aromatic heterocycles. The number of alkyl carbamates (subject to hydrolysis) is 1. The van der Waals surface area contributed by atoms with Gasteiger partial charge in [0, 0.05) is 12.5 Å². The molecule has 0 spiro atoms. The van der Waals surface area contributed by atoms with Crippen LogP contribution in [-0.2, 0) is 14.3 Å². The molecule has 2 atom stereocenters. The van der Waals surface area contributed by atoms with Crippen molar-refractivity contribution in [1.82, 2.24) is 10.2 Å². The fourth-order valence-corrected chi connectivity index (χ4v) is 4.97. The first kappa shape index (κ1) is 21.7. The normalized spacial score (nSPS) is 17.7. The molecule has 2 N–H and O–H groups in total. The zero-order valence-electron chi connectivity index (χ0n) is 18.4. The van der Waals surface area contributed by atoms with Crippen molar-refractivity contribution < 1.29 is 24.2 Å². The minimum absolute atomic E-state index is 0.0802. The number of benzene rings is 3. The van der Waals surface area contributed by atoms with Gasteiger partial charge in [-0.15, -0.1) is 0 Å². The average molecular weight is 456 g/mol. The van der Waals surface area contributed by atoms with Gasteiger partial charge in [0.25, 0.3) is 0 Å². The van der Waals surface area contributed by atoms with Crippen LogP contribution < -0.4 is 5.32 Å². The molecule has 1 heterocycles. The second kappa shape index (κ2) is 9.02. The topological polar surface area (TPSA) is 95.9 Å². The lowest BCUT2D eigenvalue weighted by Crippen LogP contribution is -2.44. The second-order valence-corrected chi connectivity index (χ2v) is 8.49. The van der Waals surface area contributed by atoms with Crippen molar-refractivity contribution in [3.05, 3.63) is 95.6 Å². The van der Waals surface area contributed by atoms with E-state index in [1.54, 1.807) is 30.3 Å². The molecule has 1 fully saturated rings. The summed E-state index contributed by atoms with van der Waals surface area (Å²) in [5.74, 6) is -1.62. The Hall–Kier alpha value is -4.13. The summed E-state index contributed by atoms with van der Waals surface area (Å²) < 4.78 is 5.54. The van der Waals surface area contributed by atoms with Gasteiger partial charge < -0.3 is 20.1 Å². The van der Waals surface area contributed by atoms with Crippen LogP contribution in [0.15, 0.2) is 78.9 Å². The predicted octanol–water partition coefficient (Wildman–Crippen LogP) is 3.95. The van der Waals surface area contributed by atoms with Gasteiger partial charge in [0.1, 0.15) is 12.6 Å². The number of aliphatic carboxylic acids is 1. The van der Waals surface area contributed by atoms with Crippen LogP contribution in [0, 0.1) is 0 Å². The van der Waals surface area contributed by atoms with Gasteiger partial charge in [-0.05, 0) is 34.2 Å². The highest BCUT2D eigenvalue weighted by Crippen LogP contribution is 2.44. The number of carbonyl (C=O) groups excluding carboxylic acids is 2. The maximum absolute atomic E-state index is 12.9. The van der Waals surface area contributed by atoms with Crippen molar-refractivity contribution in [1.29, 1.82) is 0 Å². The van der Waals surface area contributed by atoms with Crippen LogP contribution >= 0.6 is 0 Å². The zero-order valence-corrected chi connectivity index (χ0v) is 18.4. The molecule has 1 saturated heterocycles. The molecule has 2 unspecified atom stereocenters. The van der Waals surface area contributed by atoms with Crippen LogP contribution in [-0.4, -0.2) is 47.2 Å². The standard InChI is InChI=1S/C27H24N2O5/c30-25-23(14-15-29(25)24(26(31)32)17-8-2-1-3-9-17)28-27(33)34-16-22-20-12-6-4-10-18(20)19-11-5-7-13-21(19)22/h1-13,22-24H,14-16H2,(H,28,33)(H,31,32).